The Morgan fingerprint density at radius 3 is 2.26 bits per heavy atom. The quantitative estimate of drug-likeness (QED) is 0.375. The van der Waals surface area contributed by atoms with Crippen molar-refractivity contribution in [3.8, 4) is 22.4 Å². The molecular weight excluding hydrogens is 334 g/mol. The number of hydrogen-bond donors (Lipinski definition) is 1. The molecule has 2 aromatic carbocycles. The van der Waals surface area contributed by atoms with Crippen LogP contribution in [0.1, 0.15) is 16.1 Å². The maximum atomic E-state index is 12.5. The summed E-state index contributed by atoms with van der Waals surface area (Å²) in [5, 5.41) is 0. The molecule has 3 rings (SSSR count). The lowest BCUT2D eigenvalue weighted by molar-refractivity contribution is 0.104. The number of ketones is 1. The van der Waals surface area contributed by atoms with Crippen LogP contribution in [0.15, 0.2) is 66.9 Å². The number of allylic oxidation sites excluding steroid dienone is 1. The molecule has 0 fully saturated rings. The lowest BCUT2D eigenvalue weighted by Crippen LogP contribution is -2.03. The normalized spacial score (nSPS) is 10.7. The van der Waals surface area contributed by atoms with Gasteiger partial charge in [-0.05, 0) is 24.1 Å². The number of aromatic nitrogens is 1. The Hall–Kier alpha value is -3.58. The van der Waals surface area contributed by atoms with E-state index in [1.165, 1.54) is 5.56 Å². The van der Waals surface area contributed by atoms with Crippen LogP contribution in [0.2, 0.25) is 0 Å². The average Bonchev–Trinajstić information content (AvgIpc) is 3.12. The molecule has 0 atom stereocenters. The smallest absolute Gasteiger partial charge is 0.203 e. The third kappa shape index (κ3) is 4.16. The Bertz CT molecular complexity index is 1020. The topological polar surface area (TPSA) is 40.5 Å². The van der Waals surface area contributed by atoms with Gasteiger partial charge in [0.2, 0.25) is 5.78 Å². The van der Waals surface area contributed by atoms with Gasteiger partial charge in [0.05, 0.1) is 18.0 Å². The average molecular weight is 355 g/mol. The lowest BCUT2D eigenvalue weighted by atomic mass is 10.0. The standard InChI is InChI=1S/C23H21N3O/c1-16-5-7-18(8-6-16)23-20(17-9-11-19(24-2)12-10-17)15-21(25-23)22(27)13-14-26(3)4/h5-15,25H,1,3-4H3/b14-13+. The van der Waals surface area contributed by atoms with Crippen molar-refractivity contribution >= 4 is 11.5 Å². The summed E-state index contributed by atoms with van der Waals surface area (Å²) in [4.78, 5) is 21.1. The van der Waals surface area contributed by atoms with Crippen LogP contribution < -0.4 is 0 Å². The highest BCUT2D eigenvalue weighted by molar-refractivity contribution is 6.05. The van der Waals surface area contributed by atoms with E-state index >= 15 is 0 Å². The Labute approximate surface area is 159 Å². The first-order valence-electron chi connectivity index (χ1n) is 8.65. The third-order valence-electron chi connectivity index (χ3n) is 4.25. The van der Waals surface area contributed by atoms with E-state index in [9.17, 15) is 4.79 Å². The van der Waals surface area contributed by atoms with Gasteiger partial charge in [0.15, 0.2) is 5.69 Å². The third-order valence-corrected chi connectivity index (χ3v) is 4.25. The van der Waals surface area contributed by atoms with Gasteiger partial charge in [-0.25, -0.2) is 4.85 Å². The zero-order valence-electron chi connectivity index (χ0n) is 15.7. The van der Waals surface area contributed by atoms with E-state index in [1.54, 1.807) is 24.4 Å². The molecule has 27 heavy (non-hydrogen) atoms. The SMILES string of the molecule is [C-]#[N+]c1ccc(-c2cc(C(=O)/C=C/N(C)C)[nH]c2-c2ccc(C)cc2)cc1. The maximum absolute atomic E-state index is 12.5. The molecule has 0 aliphatic rings. The van der Waals surface area contributed by atoms with Crippen LogP contribution in [-0.2, 0) is 0 Å². The van der Waals surface area contributed by atoms with Crippen molar-refractivity contribution in [1.29, 1.82) is 0 Å². The second-order valence-electron chi connectivity index (χ2n) is 6.64. The predicted molar refractivity (Wildman–Crippen MR) is 110 cm³/mol. The summed E-state index contributed by atoms with van der Waals surface area (Å²) in [7, 11) is 3.75. The number of carbonyl (C=O) groups is 1. The Kier molecular flexibility index (Phi) is 5.23. The molecule has 3 aromatic rings. The van der Waals surface area contributed by atoms with Gasteiger partial charge in [-0.2, -0.15) is 0 Å². The number of rotatable bonds is 5. The summed E-state index contributed by atoms with van der Waals surface area (Å²) in [5.74, 6) is -0.0823. The van der Waals surface area contributed by atoms with Gasteiger partial charge >= 0.3 is 0 Å². The van der Waals surface area contributed by atoms with E-state index in [1.807, 2.05) is 56.3 Å². The van der Waals surface area contributed by atoms with Crippen molar-refractivity contribution in [3.05, 3.63) is 89.5 Å². The molecule has 134 valence electrons. The largest absolute Gasteiger partial charge is 0.383 e. The molecule has 0 radical (unpaired) electrons. The second-order valence-corrected chi connectivity index (χ2v) is 6.64. The fraction of sp³-hybridized carbons (Fsp3) is 0.130. The van der Waals surface area contributed by atoms with Crippen LogP contribution in [-0.4, -0.2) is 29.8 Å². The number of H-pyrrole nitrogens is 1. The van der Waals surface area contributed by atoms with Crippen LogP contribution in [0.4, 0.5) is 5.69 Å². The Morgan fingerprint density at radius 2 is 1.67 bits per heavy atom. The number of carbonyl (C=O) groups excluding carboxylic acids is 1. The molecule has 1 heterocycles. The van der Waals surface area contributed by atoms with Crippen molar-refractivity contribution in [2.75, 3.05) is 14.1 Å². The van der Waals surface area contributed by atoms with E-state index in [4.69, 9.17) is 6.57 Å². The van der Waals surface area contributed by atoms with Gasteiger partial charge in [-0.3, -0.25) is 4.79 Å². The second kappa shape index (κ2) is 7.76. The van der Waals surface area contributed by atoms with Gasteiger partial charge < -0.3 is 9.88 Å². The van der Waals surface area contributed by atoms with Crippen molar-refractivity contribution in [2.24, 2.45) is 0 Å². The fourth-order valence-corrected chi connectivity index (χ4v) is 2.78. The molecule has 0 aliphatic heterocycles. The Balaban J connectivity index is 2.10. The predicted octanol–water partition coefficient (Wildman–Crippen LogP) is 5.47. The van der Waals surface area contributed by atoms with Gasteiger partial charge in [0, 0.05) is 31.9 Å². The zero-order chi connectivity index (χ0) is 19.4. The zero-order valence-corrected chi connectivity index (χ0v) is 15.7. The van der Waals surface area contributed by atoms with E-state index < -0.39 is 0 Å². The Morgan fingerprint density at radius 1 is 1.04 bits per heavy atom. The molecular formula is C23H21N3O. The highest BCUT2D eigenvalue weighted by Crippen LogP contribution is 2.34. The number of aryl methyl sites for hydroxylation is 1. The van der Waals surface area contributed by atoms with Gasteiger partial charge in [-0.1, -0.05) is 54.1 Å². The fourth-order valence-electron chi connectivity index (χ4n) is 2.78. The summed E-state index contributed by atoms with van der Waals surface area (Å²) < 4.78 is 0. The summed E-state index contributed by atoms with van der Waals surface area (Å²) in [5.41, 5.74) is 6.12. The first-order chi connectivity index (χ1) is 13.0. The molecule has 4 heteroatoms. The van der Waals surface area contributed by atoms with Crippen LogP contribution in [0.25, 0.3) is 27.2 Å². The number of nitrogens with one attached hydrogen (secondary N) is 1. The first-order valence-corrected chi connectivity index (χ1v) is 8.65. The summed E-state index contributed by atoms with van der Waals surface area (Å²) in [6, 6.07) is 17.5. The summed E-state index contributed by atoms with van der Waals surface area (Å²) in [6.07, 6.45) is 3.29. The number of benzene rings is 2. The summed E-state index contributed by atoms with van der Waals surface area (Å²) in [6.45, 7) is 9.16. The summed E-state index contributed by atoms with van der Waals surface area (Å²) >= 11 is 0. The number of nitrogens with zero attached hydrogens (tertiary/aromatic N) is 2. The van der Waals surface area contributed by atoms with Crippen LogP contribution in [0, 0.1) is 13.5 Å². The lowest BCUT2D eigenvalue weighted by Gasteiger charge is -2.05. The highest BCUT2D eigenvalue weighted by Gasteiger charge is 2.15. The maximum Gasteiger partial charge on any atom is 0.203 e. The van der Waals surface area contributed by atoms with Gasteiger partial charge in [0.1, 0.15) is 0 Å². The number of aromatic amines is 1. The molecule has 0 aliphatic carbocycles. The van der Waals surface area contributed by atoms with Crippen molar-refractivity contribution in [1.82, 2.24) is 9.88 Å². The minimum absolute atomic E-state index is 0.0823. The number of hydrogen-bond acceptors (Lipinski definition) is 2. The van der Waals surface area contributed by atoms with Crippen molar-refractivity contribution in [3.63, 3.8) is 0 Å². The van der Waals surface area contributed by atoms with E-state index in [0.29, 0.717) is 11.4 Å². The monoisotopic (exact) mass is 355 g/mol. The molecule has 0 saturated carbocycles. The van der Waals surface area contributed by atoms with Gasteiger partial charge in [0.25, 0.3) is 0 Å². The molecule has 0 spiro atoms. The van der Waals surface area contributed by atoms with Crippen molar-refractivity contribution in [2.45, 2.75) is 6.92 Å². The molecule has 4 nitrogen and oxygen atoms in total. The van der Waals surface area contributed by atoms with E-state index in [2.05, 4.69) is 22.0 Å². The van der Waals surface area contributed by atoms with Crippen LogP contribution in [0.5, 0.6) is 0 Å². The minimum Gasteiger partial charge on any atom is -0.383 e. The highest BCUT2D eigenvalue weighted by atomic mass is 16.1. The minimum atomic E-state index is -0.0823. The molecule has 1 aromatic heterocycles. The molecule has 0 saturated heterocycles. The van der Waals surface area contributed by atoms with Gasteiger partial charge in [-0.15, -0.1) is 0 Å². The molecule has 0 unspecified atom stereocenters. The molecule has 0 amide bonds. The van der Waals surface area contributed by atoms with E-state index in [0.717, 1.165) is 22.4 Å². The molecule has 1 N–H and O–H groups in total. The molecule has 0 bridgehead atoms. The van der Waals surface area contributed by atoms with Crippen molar-refractivity contribution < 1.29 is 4.79 Å². The van der Waals surface area contributed by atoms with E-state index in [-0.39, 0.29) is 5.78 Å². The van der Waals surface area contributed by atoms with Crippen LogP contribution in [0.3, 0.4) is 0 Å². The first kappa shape index (κ1) is 18.2. The van der Waals surface area contributed by atoms with Crippen LogP contribution >= 0.6 is 0 Å².